The van der Waals surface area contributed by atoms with Crippen LogP contribution < -0.4 is 10.6 Å². The zero-order chi connectivity index (χ0) is 23.3. The van der Waals surface area contributed by atoms with Gasteiger partial charge in [0.2, 0.25) is 0 Å². The molecular weight excluding hydrogens is 448 g/mol. The van der Waals surface area contributed by atoms with Crippen LogP contribution in [0.2, 0.25) is 0 Å². The van der Waals surface area contributed by atoms with Crippen LogP contribution in [0.25, 0.3) is 21.3 Å². The van der Waals surface area contributed by atoms with Gasteiger partial charge in [0, 0.05) is 36.5 Å². The Kier molecular flexibility index (Phi) is 5.43. The van der Waals surface area contributed by atoms with E-state index < -0.39 is 0 Å². The fraction of sp³-hybridized carbons (Fsp3) is 0.480. The molecule has 0 bridgehead atoms. The normalized spacial score (nSPS) is 21.1. The highest BCUT2D eigenvalue weighted by molar-refractivity contribution is 7.19. The van der Waals surface area contributed by atoms with E-state index in [1.165, 1.54) is 28.0 Å². The molecule has 2 aliphatic heterocycles. The van der Waals surface area contributed by atoms with E-state index >= 15 is 0 Å². The maximum absolute atomic E-state index is 12.2. The molecule has 2 aliphatic rings. The standard InChI is InChI=1S/C25H30N6O2S/c1-2-18-12-20-22(34-18)23(27-16-26-20)30-8-6-25(15-30)5-7-29(14-25)13-17-3-4-21-19(11-17)28-24(33)31(21)9-10-32/h3-4,11-12,16,32H,2,5-10,13-15H2,1H3,(H,28,33). The fourth-order valence-corrected chi connectivity index (χ4v) is 6.86. The number of rotatable bonds is 6. The van der Waals surface area contributed by atoms with E-state index in [1.54, 1.807) is 10.9 Å². The molecule has 6 rings (SSSR count). The predicted molar refractivity (Wildman–Crippen MR) is 136 cm³/mol. The van der Waals surface area contributed by atoms with Gasteiger partial charge in [-0.25, -0.2) is 14.8 Å². The number of hydrogen-bond donors (Lipinski definition) is 2. The zero-order valence-electron chi connectivity index (χ0n) is 19.5. The second-order valence-electron chi connectivity index (χ2n) is 9.77. The molecular formula is C25H30N6O2S. The summed E-state index contributed by atoms with van der Waals surface area (Å²) in [6.45, 7) is 7.61. The Labute approximate surface area is 201 Å². The molecule has 1 atom stereocenters. The third-order valence-corrected chi connectivity index (χ3v) is 8.78. The van der Waals surface area contributed by atoms with Crippen molar-refractivity contribution in [3.63, 3.8) is 0 Å². The van der Waals surface area contributed by atoms with E-state index in [0.29, 0.717) is 12.0 Å². The summed E-state index contributed by atoms with van der Waals surface area (Å²) in [5, 5.41) is 9.23. The first-order chi connectivity index (χ1) is 16.6. The van der Waals surface area contributed by atoms with Gasteiger partial charge in [0.15, 0.2) is 0 Å². The first-order valence-electron chi connectivity index (χ1n) is 12.1. The zero-order valence-corrected chi connectivity index (χ0v) is 20.3. The van der Waals surface area contributed by atoms with Gasteiger partial charge in [-0.2, -0.15) is 0 Å². The molecule has 0 amide bonds. The number of aliphatic hydroxyl groups excluding tert-OH is 1. The Balaban J connectivity index is 1.17. The lowest BCUT2D eigenvalue weighted by atomic mass is 9.86. The molecule has 5 heterocycles. The van der Waals surface area contributed by atoms with Crippen molar-refractivity contribution in [2.24, 2.45) is 5.41 Å². The van der Waals surface area contributed by atoms with Crippen molar-refractivity contribution in [1.29, 1.82) is 0 Å². The molecule has 1 unspecified atom stereocenters. The molecule has 2 saturated heterocycles. The minimum Gasteiger partial charge on any atom is -0.395 e. The Morgan fingerprint density at radius 1 is 1.18 bits per heavy atom. The molecule has 1 aromatic carbocycles. The number of fused-ring (bicyclic) bond motifs is 2. The molecule has 3 aromatic heterocycles. The third-order valence-electron chi connectivity index (χ3n) is 7.52. The maximum atomic E-state index is 12.2. The number of nitrogens with zero attached hydrogens (tertiary/aromatic N) is 5. The van der Waals surface area contributed by atoms with Gasteiger partial charge >= 0.3 is 5.69 Å². The number of hydrogen-bond acceptors (Lipinski definition) is 7. The third kappa shape index (κ3) is 3.72. The van der Waals surface area contributed by atoms with E-state index in [1.807, 2.05) is 17.4 Å². The molecule has 2 N–H and O–H groups in total. The van der Waals surface area contributed by atoms with Gasteiger partial charge in [-0.1, -0.05) is 13.0 Å². The van der Waals surface area contributed by atoms with Crippen molar-refractivity contribution in [3.05, 3.63) is 51.5 Å². The predicted octanol–water partition coefficient (Wildman–Crippen LogP) is 2.99. The number of nitrogens with one attached hydrogen (secondary N) is 1. The van der Waals surface area contributed by atoms with Gasteiger partial charge in [-0.15, -0.1) is 11.3 Å². The number of benzene rings is 1. The number of thiophene rings is 1. The molecule has 8 nitrogen and oxygen atoms in total. The molecule has 2 fully saturated rings. The Morgan fingerprint density at radius 2 is 2.06 bits per heavy atom. The molecule has 178 valence electrons. The number of anilines is 1. The van der Waals surface area contributed by atoms with Crippen LogP contribution in [-0.4, -0.2) is 62.3 Å². The van der Waals surface area contributed by atoms with Crippen molar-refractivity contribution in [2.75, 3.05) is 37.7 Å². The topological polar surface area (TPSA) is 90.3 Å². The number of likely N-dealkylation sites (tertiary alicyclic amines) is 1. The van der Waals surface area contributed by atoms with Gasteiger partial charge in [-0.3, -0.25) is 9.47 Å². The minimum atomic E-state index is -0.164. The van der Waals surface area contributed by atoms with Gasteiger partial charge in [0.25, 0.3) is 0 Å². The SMILES string of the molecule is CCc1cc2ncnc(N3CCC4(CCN(Cc5ccc6c(c5)[nH]c(=O)n6CCO)C4)C3)c2s1. The van der Waals surface area contributed by atoms with Crippen LogP contribution >= 0.6 is 11.3 Å². The highest BCUT2D eigenvalue weighted by Crippen LogP contribution is 2.43. The van der Waals surface area contributed by atoms with E-state index in [9.17, 15) is 9.90 Å². The number of aromatic amines is 1. The van der Waals surface area contributed by atoms with Crippen molar-refractivity contribution in [2.45, 2.75) is 39.3 Å². The van der Waals surface area contributed by atoms with Crippen LogP contribution in [0.1, 0.15) is 30.2 Å². The number of H-pyrrole nitrogens is 1. The number of imidazole rings is 1. The van der Waals surface area contributed by atoms with Crippen molar-refractivity contribution < 1.29 is 5.11 Å². The maximum Gasteiger partial charge on any atom is 0.326 e. The average Bonchev–Trinajstić information content (AvgIpc) is 3.60. The smallest absolute Gasteiger partial charge is 0.326 e. The van der Waals surface area contributed by atoms with Gasteiger partial charge < -0.3 is 15.0 Å². The summed E-state index contributed by atoms with van der Waals surface area (Å²) in [5.74, 6) is 1.10. The van der Waals surface area contributed by atoms with Crippen LogP contribution in [0.5, 0.6) is 0 Å². The summed E-state index contributed by atoms with van der Waals surface area (Å²) in [5.41, 5.74) is 4.12. The molecule has 0 saturated carbocycles. The summed E-state index contributed by atoms with van der Waals surface area (Å²) >= 11 is 1.83. The number of aliphatic hydroxyl groups is 1. The second kappa shape index (κ2) is 8.48. The lowest BCUT2D eigenvalue weighted by Crippen LogP contribution is -2.31. The lowest BCUT2D eigenvalue weighted by Gasteiger charge is -2.25. The Hall–Kier alpha value is -2.75. The van der Waals surface area contributed by atoms with E-state index in [-0.39, 0.29) is 12.3 Å². The Bertz CT molecular complexity index is 1410. The highest BCUT2D eigenvalue weighted by atomic mass is 32.1. The van der Waals surface area contributed by atoms with E-state index in [2.05, 4.69) is 44.9 Å². The first-order valence-corrected chi connectivity index (χ1v) is 12.9. The molecule has 9 heteroatoms. The molecule has 34 heavy (non-hydrogen) atoms. The average molecular weight is 479 g/mol. The van der Waals surface area contributed by atoms with Gasteiger partial charge in [0.05, 0.1) is 34.4 Å². The summed E-state index contributed by atoms with van der Waals surface area (Å²) in [7, 11) is 0. The molecule has 0 aliphatic carbocycles. The largest absolute Gasteiger partial charge is 0.395 e. The molecule has 4 aromatic rings. The first kappa shape index (κ1) is 21.8. The van der Waals surface area contributed by atoms with Crippen LogP contribution in [0.15, 0.2) is 35.4 Å². The highest BCUT2D eigenvalue weighted by Gasteiger charge is 2.44. The summed E-state index contributed by atoms with van der Waals surface area (Å²) < 4.78 is 2.82. The monoisotopic (exact) mass is 478 g/mol. The van der Waals surface area contributed by atoms with Crippen LogP contribution in [-0.2, 0) is 19.5 Å². The van der Waals surface area contributed by atoms with Gasteiger partial charge in [-0.05, 0) is 49.6 Å². The van der Waals surface area contributed by atoms with Crippen molar-refractivity contribution >= 4 is 38.4 Å². The van der Waals surface area contributed by atoms with Crippen LogP contribution in [0.4, 0.5) is 5.82 Å². The van der Waals surface area contributed by atoms with Crippen molar-refractivity contribution in [3.8, 4) is 0 Å². The van der Waals surface area contributed by atoms with E-state index in [0.717, 1.165) is 61.5 Å². The van der Waals surface area contributed by atoms with Crippen LogP contribution in [0, 0.1) is 5.41 Å². The minimum absolute atomic E-state index is 0.0473. The number of aryl methyl sites for hydroxylation is 1. The van der Waals surface area contributed by atoms with Crippen molar-refractivity contribution in [1.82, 2.24) is 24.4 Å². The summed E-state index contributed by atoms with van der Waals surface area (Å²) in [6, 6.07) is 8.38. The van der Waals surface area contributed by atoms with E-state index in [4.69, 9.17) is 4.98 Å². The summed E-state index contributed by atoms with van der Waals surface area (Å²) in [4.78, 5) is 30.7. The molecule has 0 radical (unpaired) electrons. The van der Waals surface area contributed by atoms with Crippen LogP contribution in [0.3, 0.4) is 0 Å². The second-order valence-corrected chi connectivity index (χ2v) is 10.9. The lowest BCUT2D eigenvalue weighted by molar-refractivity contribution is 0.270. The fourth-order valence-electron chi connectivity index (χ4n) is 5.79. The number of aromatic nitrogens is 4. The quantitative estimate of drug-likeness (QED) is 0.443. The van der Waals surface area contributed by atoms with Gasteiger partial charge in [0.1, 0.15) is 12.1 Å². The Morgan fingerprint density at radius 3 is 2.91 bits per heavy atom. The summed E-state index contributed by atoms with van der Waals surface area (Å²) in [6.07, 6.45) is 5.14. The molecule has 1 spiro atoms.